The molecule has 11 heavy (non-hydrogen) atoms. The number of rotatable bonds is 0. The summed E-state index contributed by atoms with van der Waals surface area (Å²) in [6, 6.07) is -0.314. The Kier molecular flexibility index (Phi) is 1.10. The van der Waals surface area contributed by atoms with Crippen LogP contribution in [0.2, 0.25) is 0 Å². The maximum Gasteiger partial charge on any atom is 0.320 e. The fraction of sp³-hybridized carbons (Fsp3) is 0.200. The number of carbonyl (C=O) groups excluding carboxylic acids is 1. The predicted molar refractivity (Wildman–Crippen MR) is 35.7 cm³/mol. The minimum Gasteiger partial charge on any atom is -0.313 e. The van der Waals surface area contributed by atoms with Crippen LogP contribution in [-0.4, -0.2) is 28.8 Å². The van der Waals surface area contributed by atoms with Crippen molar-refractivity contribution in [1.29, 1.82) is 0 Å². The van der Waals surface area contributed by atoms with Gasteiger partial charge in [0.2, 0.25) is 0 Å². The summed E-state index contributed by atoms with van der Waals surface area (Å²) < 4.78 is 0. The molecule has 0 aliphatic carbocycles. The summed E-state index contributed by atoms with van der Waals surface area (Å²) in [4.78, 5) is 14.5. The third-order valence-electron chi connectivity index (χ3n) is 1.49. The van der Waals surface area contributed by atoms with Gasteiger partial charge in [-0.25, -0.2) is 14.9 Å². The van der Waals surface area contributed by atoms with Gasteiger partial charge in [0, 0.05) is 6.20 Å². The van der Waals surface area contributed by atoms with Gasteiger partial charge in [-0.15, -0.1) is 0 Å². The van der Waals surface area contributed by atoms with Crippen molar-refractivity contribution < 1.29 is 10.0 Å². The normalized spacial score (nSPS) is 27.4. The highest BCUT2D eigenvalue weighted by molar-refractivity contribution is 5.79. The number of aliphatic imine (C=N–C) groups is 1. The van der Waals surface area contributed by atoms with E-state index in [2.05, 4.69) is 15.6 Å². The average molecular weight is 154 g/mol. The van der Waals surface area contributed by atoms with Crippen LogP contribution in [0.1, 0.15) is 0 Å². The largest absolute Gasteiger partial charge is 0.320 e. The molecule has 0 saturated heterocycles. The van der Waals surface area contributed by atoms with Gasteiger partial charge in [0.1, 0.15) is 12.0 Å². The number of amides is 2. The van der Waals surface area contributed by atoms with Crippen molar-refractivity contribution in [2.24, 2.45) is 4.99 Å². The molecule has 2 amide bonds. The van der Waals surface area contributed by atoms with E-state index in [-0.39, 0.29) is 6.03 Å². The molecule has 0 aromatic carbocycles. The van der Waals surface area contributed by atoms with E-state index in [1.165, 1.54) is 12.5 Å². The van der Waals surface area contributed by atoms with Crippen LogP contribution in [0.15, 0.2) is 16.9 Å². The molecule has 0 aromatic heterocycles. The van der Waals surface area contributed by atoms with Crippen LogP contribution in [0.3, 0.4) is 0 Å². The number of hydroxylamine groups is 2. The van der Waals surface area contributed by atoms with Crippen molar-refractivity contribution in [3.63, 3.8) is 0 Å². The number of hydrogen-bond acceptors (Lipinski definition) is 4. The summed E-state index contributed by atoms with van der Waals surface area (Å²) >= 11 is 0. The van der Waals surface area contributed by atoms with Gasteiger partial charge >= 0.3 is 6.03 Å². The lowest BCUT2D eigenvalue weighted by Crippen LogP contribution is -2.45. The van der Waals surface area contributed by atoms with Gasteiger partial charge in [-0.1, -0.05) is 0 Å². The van der Waals surface area contributed by atoms with Crippen molar-refractivity contribution in [1.82, 2.24) is 15.7 Å². The van der Waals surface area contributed by atoms with E-state index in [1.807, 2.05) is 0 Å². The maximum atomic E-state index is 10.7. The molecule has 2 rings (SSSR count). The second-order valence-corrected chi connectivity index (χ2v) is 2.20. The summed E-state index contributed by atoms with van der Waals surface area (Å²) in [5, 5.41) is 14.8. The standard InChI is InChI=1S/C5H6N4O2/c10-5-6-1-3-4(8-5)7-2-9(3)11/h1-2,4,11H,(H2,6,8,10). The van der Waals surface area contributed by atoms with Gasteiger partial charge in [0.05, 0.1) is 0 Å². The topological polar surface area (TPSA) is 77.0 Å². The molecule has 0 fully saturated rings. The number of nitrogens with zero attached hydrogens (tertiary/aromatic N) is 2. The Morgan fingerprint density at radius 2 is 2.55 bits per heavy atom. The smallest absolute Gasteiger partial charge is 0.313 e. The monoisotopic (exact) mass is 154 g/mol. The molecule has 0 saturated carbocycles. The van der Waals surface area contributed by atoms with Crippen LogP contribution in [0.5, 0.6) is 0 Å². The van der Waals surface area contributed by atoms with Crippen LogP contribution in [-0.2, 0) is 0 Å². The third kappa shape index (κ3) is 0.838. The molecule has 6 heteroatoms. The number of hydrogen-bond donors (Lipinski definition) is 3. The van der Waals surface area contributed by atoms with E-state index < -0.39 is 6.17 Å². The molecule has 0 aromatic rings. The lowest BCUT2D eigenvalue weighted by molar-refractivity contribution is 0.0286. The highest BCUT2D eigenvalue weighted by Gasteiger charge is 2.27. The number of urea groups is 1. The predicted octanol–water partition coefficient (Wildman–Crippen LogP) is -0.800. The first kappa shape index (κ1) is 6.17. The fourth-order valence-corrected chi connectivity index (χ4v) is 0.960. The summed E-state index contributed by atoms with van der Waals surface area (Å²) in [5.74, 6) is 0. The molecule has 0 spiro atoms. The van der Waals surface area contributed by atoms with Crippen LogP contribution < -0.4 is 10.6 Å². The van der Waals surface area contributed by atoms with Crippen molar-refractivity contribution in [3.05, 3.63) is 11.9 Å². The SMILES string of the molecule is O=C1NC=C2C(N=CN2O)N1. The molecule has 0 bridgehead atoms. The Morgan fingerprint density at radius 1 is 1.73 bits per heavy atom. The summed E-state index contributed by atoms with van der Waals surface area (Å²) in [6.07, 6.45) is 2.22. The van der Waals surface area contributed by atoms with Gasteiger partial charge in [-0.2, -0.15) is 0 Å². The lowest BCUT2D eigenvalue weighted by Gasteiger charge is -2.19. The molecule has 1 unspecified atom stereocenters. The Labute approximate surface area is 62.2 Å². The minimum atomic E-state index is -0.436. The van der Waals surface area contributed by atoms with Gasteiger partial charge in [0.15, 0.2) is 6.17 Å². The van der Waals surface area contributed by atoms with E-state index in [0.717, 1.165) is 5.06 Å². The average Bonchev–Trinajstić information content (AvgIpc) is 2.32. The summed E-state index contributed by atoms with van der Waals surface area (Å²) in [6.45, 7) is 0. The van der Waals surface area contributed by atoms with E-state index in [1.54, 1.807) is 0 Å². The van der Waals surface area contributed by atoms with Crippen molar-refractivity contribution >= 4 is 12.4 Å². The first-order valence-corrected chi connectivity index (χ1v) is 3.06. The van der Waals surface area contributed by atoms with Crippen LogP contribution in [0, 0.1) is 0 Å². The Hall–Kier alpha value is -1.56. The van der Waals surface area contributed by atoms with Gasteiger partial charge < -0.3 is 10.6 Å². The Balaban J connectivity index is 2.28. The quantitative estimate of drug-likeness (QED) is 0.427. The summed E-state index contributed by atoms with van der Waals surface area (Å²) in [5.41, 5.74) is 0.518. The van der Waals surface area contributed by atoms with E-state index in [0.29, 0.717) is 5.70 Å². The van der Waals surface area contributed by atoms with Crippen molar-refractivity contribution in [2.75, 3.05) is 0 Å². The minimum absolute atomic E-state index is 0.314. The third-order valence-corrected chi connectivity index (χ3v) is 1.49. The van der Waals surface area contributed by atoms with Crippen molar-refractivity contribution in [3.8, 4) is 0 Å². The second-order valence-electron chi connectivity index (χ2n) is 2.20. The van der Waals surface area contributed by atoms with Gasteiger partial charge in [-0.05, 0) is 0 Å². The van der Waals surface area contributed by atoms with Crippen LogP contribution in [0.25, 0.3) is 0 Å². The molecule has 58 valence electrons. The second kappa shape index (κ2) is 1.96. The Bertz CT molecular complexity index is 259. The fourth-order valence-electron chi connectivity index (χ4n) is 0.960. The lowest BCUT2D eigenvalue weighted by atomic mass is 10.3. The first-order valence-electron chi connectivity index (χ1n) is 3.06. The molecular formula is C5H6N4O2. The van der Waals surface area contributed by atoms with Crippen LogP contribution >= 0.6 is 0 Å². The molecule has 3 N–H and O–H groups in total. The zero-order chi connectivity index (χ0) is 7.84. The molecule has 0 radical (unpaired) electrons. The zero-order valence-electron chi connectivity index (χ0n) is 5.48. The molecule has 6 nitrogen and oxygen atoms in total. The number of nitrogens with one attached hydrogen (secondary N) is 2. The molecule has 2 aliphatic rings. The molecule has 2 aliphatic heterocycles. The molecular weight excluding hydrogens is 148 g/mol. The summed E-state index contributed by atoms with van der Waals surface area (Å²) in [7, 11) is 0. The number of fused-ring (bicyclic) bond motifs is 1. The van der Waals surface area contributed by atoms with Gasteiger partial charge in [0.25, 0.3) is 0 Å². The van der Waals surface area contributed by atoms with E-state index >= 15 is 0 Å². The van der Waals surface area contributed by atoms with Gasteiger partial charge in [-0.3, -0.25) is 5.21 Å². The number of carbonyl (C=O) groups is 1. The molecule has 2 heterocycles. The maximum absolute atomic E-state index is 10.7. The van der Waals surface area contributed by atoms with Crippen LogP contribution in [0.4, 0.5) is 4.79 Å². The zero-order valence-corrected chi connectivity index (χ0v) is 5.48. The van der Waals surface area contributed by atoms with E-state index in [4.69, 9.17) is 5.21 Å². The van der Waals surface area contributed by atoms with E-state index in [9.17, 15) is 4.79 Å². The Morgan fingerprint density at radius 3 is 3.36 bits per heavy atom. The van der Waals surface area contributed by atoms with Crippen molar-refractivity contribution in [2.45, 2.75) is 6.17 Å². The highest BCUT2D eigenvalue weighted by atomic mass is 16.5. The highest BCUT2D eigenvalue weighted by Crippen LogP contribution is 2.14. The molecule has 1 atom stereocenters. The first-order chi connectivity index (χ1) is 5.27.